The number of nitrogens with zero attached hydrogens (tertiary/aromatic N) is 3. The number of rotatable bonds is 7. The Balaban J connectivity index is 1.58. The molecule has 6 nitrogen and oxygen atoms in total. The second-order valence-electron chi connectivity index (χ2n) is 7.13. The van der Waals surface area contributed by atoms with Crippen molar-refractivity contribution in [1.82, 2.24) is 14.7 Å². The van der Waals surface area contributed by atoms with Crippen molar-refractivity contribution >= 4 is 11.7 Å². The van der Waals surface area contributed by atoms with Crippen LogP contribution in [0.2, 0.25) is 0 Å². The first-order valence-corrected chi connectivity index (χ1v) is 9.46. The van der Waals surface area contributed by atoms with Crippen molar-refractivity contribution in [3.63, 3.8) is 0 Å². The summed E-state index contributed by atoms with van der Waals surface area (Å²) >= 11 is 0. The minimum absolute atomic E-state index is 0.00577. The van der Waals surface area contributed by atoms with Crippen molar-refractivity contribution in [2.75, 3.05) is 25.0 Å². The molecule has 0 bridgehead atoms. The van der Waals surface area contributed by atoms with Gasteiger partial charge in [0.15, 0.2) is 0 Å². The Kier molecular flexibility index (Phi) is 6.26. The van der Waals surface area contributed by atoms with Crippen molar-refractivity contribution in [2.24, 2.45) is 0 Å². The number of hydrogen-bond acceptors (Lipinski definition) is 4. The van der Waals surface area contributed by atoms with Gasteiger partial charge in [-0.05, 0) is 25.7 Å². The third kappa shape index (κ3) is 4.36. The monoisotopic (exact) mass is 334 g/mol. The molecule has 0 spiro atoms. The first-order valence-electron chi connectivity index (χ1n) is 9.46. The number of anilines is 1. The third-order valence-corrected chi connectivity index (χ3v) is 5.43. The third-order valence-electron chi connectivity index (χ3n) is 5.43. The molecule has 0 aliphatic heterocycles. The standard InChI is InChI=1S/C18H30N4O2/c23-13-12-21(15-6-2-1-3-7-15)14-18(24)20-17-10-11-19-22(17)16-8-4-5-9-16/h10-11,15-16,23H,1-9,12-14H2,(H,20,24). The summed E-state index contributed by atoms with van der Waals surface area (Å²) in [6, 6.07) is 2.73. The molecule has 2 aliphatic rings. The molecule has 6 heteroatoms. The van der Waals surface area contributed by atoms with Crippen LogP contribution in [0, 0.1) is 0 Å². The molecule has 2 aliphatic carbocycles. The van der Waals surface area contributed by atoms with E-state index in [1.807, 2.05) is 10.7 Å². The lowest BCUT2D eigenvalue weighted by Crippen LogP contribution is -2.43. The van der Waals surface area contributed by atoms with E-state index in [2.05, 4.69) is 15.3 Å². The summed E-state index contributed by atoms with van der Waals surface area (Å²) in [5.41, 5.74) is 0. The van der Waals surface area contributed by atoms with Crippen LogP contribution in [0.4, 0.5) is 5.82 Å². The molecule has 134 valence electrons. The number of amides is 1. The van der Waals surface area contributed by atoms with Crippen LogP contribution in [0.1, 0.15) is 63.8 Å². The van der Waals surface area contributed by atoms with Gasteiger partial charge < -0.3 is 10.4 Å². The molecule has 0 radical (unpaired) electrons. The van der Waals surface area contributed by atoms with Crippen LogP contribution < -0.4 is 5.32 Å². The molecule has 3 rings (SSSR count). The molecule has 1 aromatic rings. The quantitative estimate of drug-likeness (QED) is 0.804. The first kappa shape index (κ1) is 17.4. The predicted octanol–water partition coefficient (Wildman–Crippen LogP) is 2.56. The second kappa shape index (κ2) is 8.62. The van der Waals surface area contributed by atoms with Gasteiger partial charge in [0.25, 0.3) is 0 Å². The van der Waals surface area contributed by atoms with E-state index in [4.69, 9.17) is 0 Å². The summed E-state index contributed by atoms with van der Waals surface area (Å²) < 4.78 is 1.97. The topological polar surface area (TPSA) is 70.4 Å². The van der Waals surface area contributed by atoms with Crippen molar-refractivity contribution in [3.8, 4) is 0 Å². The zero-order valence-electron chi connectivity index (χ0n) is 14.5. The van der Waals surface area contributed by atoms with E-state index in [1.54, 1.807) is 6.20 Å². The molecule has 2 saturated carbocycles. The fourth-order valence-corrected chi connectivity index (χ4v) is 4.19. The van der Waals surface area contributed by atoms with E-state index in [-0.39, 0.29) is 12.5 Å². The highest BCUT2D eigenvalue weighted by Crippen LogP contribution is 2.31. The summed E-state index contributed by atoms with van der Waals surface area (Å²) in [7, 11) is 0. The molecule has 0 aromatic carbocycles. The molecule has 0 saturated heterocycles. The van der Waals surface area contributed by atoms with Crippen molar-refractivity contribution < 1.29 is 9.90 Å². The average molecular weight is 334 g/mol. The number of carbonyl (C=O) groups is 1. The maximum Gasteiger partial charge on any atom is 0.239 e. The molecule has 0 unspecified atom stereocenters. The number of hydrogen-bond donors (Lipinski definition) is 2. The summed E-state index contributed by atoms with van der Waals surface area (Å²) in [6.07, 6.45) is 12.5. The zero-order chi connectivity index (χ0) is 16.8. The fraction of sp³-hybridized carbons (Fsp3) is 0.778. The largest absolute Gasteiger partial charge is 0.395 e. The Hall–Kier alpha value is -1.40. The molecular formula is C18H30N4O2. The molecule has 2 fully saturated rings. The maximum atomic E-state index is 12.5. The van der Waals surface area contributed by atoms with Gasteiger partial charge in [-0.2, -0.15) is 5.10 Å². The summed E-state index contributed by atoms with van der Waals surface area (Å²) in [5, 5.41) is 16.8. The minimum Gasteiger partial charge on any atom is -0.395 e. The molecule has 0 atom stereocenters. The number of aromatic nitrogens is 2. The molecule has 1 amide bonds. The number of nitrogens with one attached hydrogen (secondary N) is 1. The van der Waals surface area contributed by atoms with E-state index < -0.39 is 0 Å². The van der Waals surface area contributed by atoms with Crippen LogP contribution in [0.15, 0.2) is 12.3 Å². The van der Waals surface area contributed by atoms with Gasteiger partial charge in [0, 0.05) is 18.7 Å². The number of aliphatic hydroxyl groups excluding tert-OH is 1. The highest BCUT2D eigenvalue weighted by atomic mass is 16.3. The fourth-order valence-electron chi connectivity index (χ4n) is 4.19. The van der Waals surface area contributed by atoms with Crippen LogP contribution >= 0.6 is 0 Å². The van der Waals surface area contributed by atoms with E-state index in [0.717, 1.165) is 31.5 Å². The van der Waals surface area contributed by atoms with Crippen LogP contribution in [0.5, 0.6) is 0 Å². The van der Waals surface area contributed by atoms with Gasteiger partial charge in [0.05, 0.1) is 25.4 Å². The Labute approximate surface area is 144 Å². The van der Waals surface area contributed by atoms with E-state index in [0.29, 0.717) is 25.2 Å². The predicted molar refractivity (Wildman–Crippen MR) is 93.9 cm³/mol. The van der Waals surface area contributed by atoms with Crippen molar-refractivity contribution in [3.05, 3.63) is 12.3 Å². The van der Waals surface area contributed by atoms with Crippen molar-refractivity contribution in [1.29, 1.82) is 0 Å². The van der Waals surface area contributed by atoms with Crippen LogP contribution in [-0.2, 0) is 4.79 Å². The highest BCUT2D eigenvalue weighted by molar-refractivity contribution is 5.91. The Morgan fingerprint density at radius 1 is 1.21 bits per heavy atom. The van der Waals surface area contributed by atoms with E-state index >= 15 is 0 Å². The van der Waals surface area contributed by atoms with E-state index in [9.17, 15) is 9.90 Å². The normalized spacial score (nSPS) is 19.9. The van der Waals surface area contributed by atoms with Gasteiger partial charge >= 0.3 is 0 Å². The SMILES string of the molecule is O=C(CN(CCO)C1CCCCC1)Nc1ccnn1C1CCCC1. The average Bonchev–Trinajstić information content (AvgIpc) is 3.26. The Bertz CT molecular complexity index is 519. The smallest absolute Gasteiger partial charge is 0.239 e. The molecule has 1 aromatic heterocycles. The number of aliphatic hydroxyl groups is 1. The minimum atomic E-state index is -0.00577. The highest BCUT2D eigenvalue weighted by Gasteiger charge is 2.24. The summed E-state index contributed by atoms with van der Waals surface area (Å²) in [6.45, 7) is 1.02. The van der Waals surface area contributed by atoms with Gasteiger partial charge in [0.1, 0.15) is 5.82 Å². The maximum absolute atomic E-state index is 12.5. The lowest BCUT2D eigenvalue weighted by atomic mass is 9.94. The van der Waals surface area contributed by atoms with Crippen LogP contribution in [0.3, 0.4) is 0 Å². The zero-order valence-corrected chi connectivity index (χ0v) is 14.5. The van der Waals surface area contributed by atoms with Crippen LogP contribution in [-0.4, -0.2) is 51.4 Å². The molecule has 2 N–H and O–H groups in total. The molecular weight excluding hydrogens is 304 g/mol. The molecule has 24 heavy (non-hydrogen) atoms. The van der Waals surface area contributed by atoms with Gasteiger partial charge in [0.2, 0.25) is 5.91 Å². The van der Waals surface area contributed by atoms with E-state index in [1.165, 1.54) is 32.1 Å². The van der Waals surface area contributed by atoms with Crippen LogP contribution in [0.25, 0.3) is 0 Å². The first-order chi connectivity index (χ1) is 11.8. The van der Waals surface area contributed by atoms with Crippen molar-refractivity contribution in [2.45, 2.75) is 69.9 Å². The van der Waals surface area contributed by atoms with Gasteiger partial charge in [-0.1, -0.05) is 32.1 Å². The summed E-state index contributed by atoms with van der Waals surface area (Å²) in [4.78, 5) is 14.7. The second-order valence-corrected chi connectivity index (χ2v) is 7.13. The van der Waals surface area contributed by atoms with Gasteiger partial charge in [-0.3, -0.25) is 9.69 Å². The Morgan fingerprint density at radius 3 is 2.62 bits per heavy atom. The summed E-state index contributed by atoms with van der Waals surface area (Å²) in [5.74, 6) is 0.799. The lowest BCUT2D eigenvalue weighted by Gasteiger charge is -2.33. The van der Waals surface area contributed by atoms with Gasteiger partial charge in [-0.25, -0.2) is 4.68 Å². The Morgan fingerprint density at radius 2 is 1.92 bits per heavy atom. The van der Waals surface area contributed by atoms with Gasteiger partial charge in [-0.15, -0.1) is 0 Å². The lowest BCUT2D eigenvalue weighted by molar-refractivity contribution is -0.118. The number of carbonyl (C=O) groups excluding carboxylic acids is 1. The molecule has 1 heterocycles.